The van der Waals surface area contributed by atoms with Gasteiger partial charge in [-0.25, -0.2) is 0 Å². The molecular formula is C29H40N3+. The van der Waals surface area contributed by atoms with Crippen molar-refractivity contribution in [2.24, 2.45) is 13.0 Å². The summed E-state index contributed by atoms with van der Waals surface area (Å²) in [5, 5.41) is 3.79. The molecule has 3 heteroatoms. The highest BCUT2D eigenvalue weighted by Gasteiger charge is 2.19. The lowest BCUT2D eigenvalue weighted by Crippen LogP contribution is -2.37. The molecule has 1 aliphatic carbocycles. The summed E-state index contributed by atoms with van der Waals surface area (Å²) in [6, 6.07) is 13.7. The van der Waals surface area contributed by atoms with Crippen molar-refractivity contribution in [3.05, 3.63) is 65.5 Å². The number of nitrogens with zero attached hydrogens (tertiary/aromatic N) is 2. The van der Waals surface area contributed by atoms with E-state index in [1.807, 2.05) is 0 Å². The molecule has 3 nitrogen and oxygen atoms in total. The van der Waals surface area contributed by atoms with Crippen LogP contribution in [0.25, 0.3) is 11.1 Å². The van der Waals surface area contributed by atoms with E-state index >= 15 is 0 Å². The standard InChI is InChI=1S/C29H40N3/c1-5-7-10-23-11-8-13-27-24(18-23)12-9-14-29(27)30-26-16-15-22(3)28(19-26)25-20-31(4)32(21-25)17-6-2/h9,12,14-16,19-21,23,30H,5-8,10-11,13,17-18H2,1-4H3/q+1. The number of fused-ring (bicyclic) bond motifs is 1. The van der Waals surface area contributed by atoms with E-state index in [2.05, 4.69) is 91.3 Å². The van der Waals surface area contributed by atoms with Gasteiger partial charge in [-0.1, -0.05) is 51.3 Å². The summed E-state index contributed by atoms with van der Waals surface area (Å²) in [5.74, 6) is 0.852. The summed E-state index contributed by atoms with van der Waals surface area (Å²) in [6.45, 7) is 7.79. The van der Waals surface area contributed by atoms with Gasteiger partial charge >= 0.3 is 0 Å². The maximum atomic E-state index is 3.79. The molecule has 0 saturated heterocycles. The van der Waals surface area contributed by atoms with Crippen LogP contribution in [0, 0.1) is 12.8 Å². The monoisotopic (exact) mass is 430 g/mol. The minimum Gasteiger partial charge on any atom is -0.355 e. The van der Waals surface area contributed by atoms with Gasteiger partial charge in [-0.05, 0) is 85.4 Å². The van der Waals surface area contributed by atoms with E-state index in [0.717, 1.165) is 18.9 Å². The molecule has 170 valence electrons. The largest absolute Gasteiger partial charge is 0.355 e. The van der Waals surface area contributed by atoms with E-state index in [-0.39, 0.29) is 0 Å². The molecule has 1 unspecified atom stereocenters. The van der Waals surface area contributed by atoms with Gasteiger partial charge in [0.05, 0.1) is 18.3 Å². The first-order chi connectivity index (χ1) is 15.6. The molecule has 4 rings (SSSR count). The molecule has 0 fully saturated rings. The summed E-state index contributed by atoms with van der Waals surface area (Å²) < 4.78 is 4.49. The molecule has 0 bridgehead atoms. The Morgan fingerprint density at radius 2 is 2.00 bits per heavy atom. The number of aromatic nitrogens is 2. The topological polar surface area (TPSA) is 20.8 Å². The van der Waals surface area contributed by atoms with Crippen molar-refractivity contribution in [2.75, 3.05) is 5.32 Å². The number of nitrogens with one attached hydrogen (secondary N) is 1. The normalized spacial score (nSPS) is 15.9. The van der Waals surface area contributed by atoms with Gasteiger partial charge in [0.15, 0.2) is 7.05 Å². The highest BCUT2D eigenvalue weighted by Crippen LogP contribution is 2.34. The van der Waals surface area contributed by atoms with Gasteiger partial charge in [-0.2, -0.15) is 4.68 Å². The zero-order valence-electron chi connectivity index (χ0n) is 20.5. The third-order valence-electron chi connectivity index (χ3n) is 7.09. The zero-order chi connectivity index (χ0) is 22.5. The molecular weight excluding hydrogens is 390 g/mol. The van der Waals surface area contributed by atoms with Gasteiger partial charge in [0.1, 0.15) is 0 Å². The van der Waals surface area contributed by atoms with Crippen molar-refractivity contribution in [2.45, 2.75) is 78.7 Å². The van der Waals surface area contributed by atoms with Gasteiger partial charge in [0.25, 0.3) is 0 Å². The number of hydrogen-bond acceptors (Lipinski definition) is 1. The van der Waals surface area contributed by atoms with Crippen LogP contribution in [0.3, 0.4) is 0 Å². The van der Waals surface area contributed by atoms with Crippen LogP contribution >= 0.6 is 0 Å². The molecule has 0 saturated carbocycles. The number of hydrogen-bond donors (Lipinski definition) is 1. The zero-order valence-corrected chi connectivity index (χ0v) is 20.5. The van der Waals surface area contributed by atoms with Crippen LogP contribution in [0.4, 0.5) is 11.4 Å². The predicted molar refractivity (Wildman–Crippen MR) is 135 cm³/mol. The molecule has 3 aromatic rings. The summed E-state index contributed by atoms with van der Waals surface area (Å²) in [7, 11) is 2.13. The van der Waals surface area contributed by atoms with Crippen molar-refractivity contribution in [3.8, 4) is 11.1 Å². The van der Waals surface area contributed by atoms with E-state index in [0.29, 0.717) is 0 Å². The number of rotatable bonds is 8. The number of benzene rings is 2. The summed E-state index contributed by atoms with van der Waals surface area (Å²) in [4.78, 5) is 0. The number of unbranched alkanes of at least 4 members (excludes halogenated alkanes) is 1. The van der Waals surface area contributed by atoms with Crippen molar-refractivity contribution >= 4 is 11.4 Å². The van der Waals surface area contributed by atoms with Crippen LogP contribution in [0.2, 0.25) is 0 Å². The smallest absolute Gasteiger partial charge is 0.203 e. The van der Waals surface area contributed by atoms with Crippen molar-refractivity contribution in [1.82, 2.24) is 4.68 Å². The van der Waals surface area contributed by atoms with Gasteiger partial charge < -0.3 is 5.32 Å². The average Bonchev–Trinajstić information content (AvgIpc) is 3.01. The first-order valence-corrected chi connectivity index (χ1v) is 12.6. The lowest BCUT2D eigenvalue weighted by molar-refractivity contribution is -0.753. The fourth-order valence-electron chi connectivity index (χ4n) is 5.28. The second-order valence-corrected chi connectivity index (χ2v) is 9.65. The third kappa shape index (κ3) is 5.09. The summed E-state index contributed by atoms with van der Waals surface area (Å²) in [5.41, 5.74) is 9.48. The average molecular weight is 431 g/mol. The van der Waals surface area contributed by atoms with E-state index in [1.165, 1.54) is 78.6 Å². The molecule has 1 N–H and O–H groups in total. The highest BCUT2D eigenvalue weighted by molar-refractivity contribution is 5.73. The molecule has 0 amide bonds. The molecule has 1 heterocycles. The Hall–Kier alpha value is -2.55. The maximum absolute atomic E-state index is 3.79. The Kier molecular flexibility index (Phi) is 7.34. The van der Waals surface area contributed by atoms with Crippen LogP contribution < -0.4 is 10.00 Å². The first-order valence-electron chi connectivity index (χ1n) is 12.6. The molecule has 0 spiro atoms. The molecule has 0 radical (unpaired) electrons. The second-order valence-electron chi connectivity index (χ2n) is 9.65. The lowest BCUT2D eigenvalue weighted by Gasteiger charge is -2.17. The minimum absolute atomic E-state index is 0.852. The molecule has 1 atom stereocenters. The quantitative estimate of drug-likeness (QED) is 0.298. The third-order valence-corrected chi connectivity index (χ3v) is 7.09. The molecule has 1 aliphatic rings. The van der Waals surface area contributed by atoms with Crippen LogP contribution in [0.5, 0.6) is 0 Å². The van der Waals surface area contributed by atoms with Gasteiger partial charge in [0.2, 0.25) is 6.20 Å². The fraction of sp³-hybridized carbons (Fsp3) is 0.483. The lowest BCUT2D eigenvalue weighted by atomic mass is 9.92. The number of aryl methyl sites for hydroxylation is 3. The summed E-state index contributed by atoms with van der Waals surface area (Å²) >= 11 is 0. The Morgan fingerprint density at radius 3 is 2.81 bits per heavy atom. The van der Waals surface area contributed by atoms with Crippen molar-refractivity contribution < 1.29 is 4.68 Å². The molecule has 1 aromatic heterocycles. The minimum atomic E-state index is 0.852. The molecule has 32 heavy (non-hydrogen) atoms. The summed E-state index contributed by atoms with van der Waals surface area (Å²) in [6.07, 6.45) is 14.8. The Morgan fingerprint density at radius 1 is 1.12 bits per heavy atom. The van der Waals surface area contributed by atoms with E-state index < -0.39 is 0 Å². The van der Waals surface area contributed by atoms with Crippen molar-refractivity contribution in [1.29, 1.82) is 0 Å². The van der Waals surface area contributed by atoms with Crippen LogP contribution in [0.15, 0.2) is 48.8 Å². The van der Waals surface area contributed by atoms with E-state index in [1.54, 1.807) is 5.56 Å². The SMILES string of the molecule is CCCCC1CCCc2c(cccc2Nc2ccc(C)c(-c3cn(CCC)[n+](C)c3)c2)C1. The highest BCUT2D eigenvalue weighted by atomic mass is 15.4. The van der Waals surface area contributed by atoms with E-state index in [4.69, 9.17) is 0 Å². The van der Waals surface area contributed by atoms with Gasteiger partial charge in [-0.3, -0.25) is 0 Å². The molecule has 2 aromatic carbocycles. The first kappa shape index (κ1) is 22.6. The van der Waals surface area contributed by atoms with Gasteiger partial charge in [-0.15, -0.1) is 4.68 Å². The number of anilines is 2. The van der Waals surface area contributed by atoms with Crippen LogP contribution in [-0.4, -0.2) is 4.68 Å². The Balaban J connectivity index is 1.59. The van der Waals surface area contributed by atoms with Crippen LogP contribution in [0.1, 0.15) is 69.1 Å². The van der Waals surface area contributed by atoms with E-state index in [9.17, 15) is 0 Å². The Labute approximate surface area is 194 Å². The fourth-order valence-corrected chi connectivity index (χ4v) is 5.28. The van der Waals surface area contributed by atoms with Crippen molar-refractivity contribution in [3.63, 3.8) is 0 Å². The molecule has 0 aliphatic heterocycles. The van der Waals surface area contributed by atoms with Crippen LogP contribution in [-0.2, 0) is 26.4 Å². The van der Waals surface area contributed by atoms with Gasteiger partial charge in [0, 0.05) is 11.4 Å². The Bertz CT molecular complexity index is 1050. The second kappa shape index (κ2) is 10.4. The maximum Gasteiger partial charge on any atom is 0.203 e. The predicted octanol–water partition coefficient (Wildman–Crippen LogP) is 7.13.